The van der Waals surface area contributed by atoms with Crippen molar-refractivity contribution >= 4 is 6.09 Å². The van der Waals surface area contributed by atoms with Gasteiger partial charge < -0.3 is 9.47 Å². The van der Waals surface area contributed by atoms with Gasteiger partial charge in [-0.1, -0.05) is 48.5 Å². The van der Waals surface area contributed by atoms with E-state index in [4.69, 9.17) is 9.47 Å². The number of amides is 1. The van der Waals surface area contributed by atoms with Crippen LogP contribution in [0.4, 0.5) is 4.79 Å². The Morgan fingerprint density at radius 2 is 1.59 bits per heavy atom. The fourth-order valence-corrected chi connectivity index (χ4v) is 3.82. The second-order valence-corrected chi connectivity index (χ2v) is 8.00. The van der Waals surface area contributed by atoms with E-state index in [1.165, 1.54) is 0 Å². The normalized spacial score (nSPS) is 20.2. The fraction of sp³-hybridized carbons (Fsp3) is 0.435. The van der Waals surface area contributed by atoms with Crippen molar-refractivity contribution in [1.29, 1.82) is 0 Å². The van der Waals surface area contributed by atoms with E-state index in [1.807, 2.05) is 68.1 Å². The molecule has 1 amide bonds. The number of nitrogens with zero attached hydrogens (tertiary/aromatic N) is 1. The third kappa shape index (κ3) is 4.44. The first kappa shape index (κ1) is 19.3. The molecule has 3 rings (SSSR count). The van der Waals surface area contributed by atoms with E-state index in [0.29, 0.717) is 0 Å². The first-order valence-corrected chi connectivity index (χ1v) is 9.60. The molecule has 0 radical (unpaired) electrons. The van der Waals surface area contributed by atoms with Crippen molar-refractivity contribution in [3.05, 3.63) is 65.7 Å². The molecule has 1 aliphatic heterocycles. The van der Waals surface area contributed by atoms with Crippen molar-refractivity contribution in [2.24, 2.45) is 0 Å². The van der Waals surface area contributed by atoms with Gasteiger partial charge in [-0.3, -0.25) is 4.90 Å². The van der Waals surface area contributed by atoms with Gasteiger partial charge in [-0.05, 0) is 51.7 Å². The highest BCUT2D eigenvalue weighted by atomic mass is 16.6. The summed E-state index contributed by atoms with van der Waals surface area (Å²) in [5.41, 5.74) is 1.63. The van der Waals surface area contributed by atoms with Gasteiger partial charge in [0.15, 0.2) is 0 Å². The summed E-state index contributed by atoms with van der Waals surface area (Å²) in [6, 6.07) is 18.1. The Balaban J connectivity index is 2.03. The lowest BCUT2D eigenvalue weighted by molar-refractivity contribution is -0.00691. The van der Waals surface area contributed by atoms with Crippen molar-refractivity contribution < 1.29 is 14.3 Å². The lowest BCUT2D eigenvalue weighted by Crippen LogP contribution is -2.43. The Labute approximate surface area is 162 Å². The molecule has 1 fully saturated rings. The molecule has 0 N–H and O–H groups in total. The molecule has 0 spiro atoms. The standard InChI is InChI=1S/C23H29NO3/c1-23(2,3)27-22(25)24-19(17-11-6-5-7-12-17)14-10-15-20(24)18-13-8-9-16-21(18)26-4/h5-9,11-13,16,19-20H,10,14-15H2,1-4H3/t19-,20+/m0/s1. The summed E-state index contributed by atoms with van der Waals surface area (Å²) in [6.07, 6.45) is 2.59. The van der Waals surface area contributed by atoms with Crippen LogP contribution in [-0.2, 0) is 4.74 Å². The zero-order valence-electron chi connectivity index (χ0n) is 16.6. The molecule has 2 aromatic rings. The van der Waals surface area contributed by atoms with Crippen LogP contribution in [0.15, 0.2) is 54.6 Å². The lowest BCUT2D eigenvalue weighted by Gasteiger charge is -2.43. The molecule has 4 heteroatoms. The molecule has 4 nitrogen and oxygen atoms in total. The summed E-state index contributed by atoms with van der Waals surface area (Å²) >= 11 is 0. The van der Waals surface area contributed by atoms with Gasteiger partial charge in [-0.2, -0.15) is 0 Å². The van der Waals surface area contributed by atoms with Crippen LogP contribution in [0.25, 0.3) is 0 Å². The van der Waals surface area contributed by atoms with Crippen LogP contribution < -0.4 is 4.74 Å². The second kappa shape index (κ2) is 8.03. The number of hydrogen-bond donors (Lipinski definition) is 0. The van der Waals surface area contributed by atoms with Crippen LogP contribution in [0.3, 0.4) is 0 Å². The molecule has 2 atom stereocenters. The summed E-state index contributed by atoms with van der Waals surface area (Å²) in [5, 5.41) is 0. The van der Waals surface area contributed by atoms with Gasteiger partial charge in [0, 0.05) is 5.56 Å². The number of para-hydroxylation sites is 1. The van der Waals surface area contributed by atoms with Crippen molar-refractivity contribution in [1.82, 2.24) is 4.90 Å². The van der Waals surface area contributed by atoms with Crippen LogP contribution >= 0.6 is 0 Å². The molecule has 0 unspecified atom stereocenters. The molecule has 0 aliphatic carbocycles. The minimum atomic E-state index is -0.541. The van der Waals surface area contributed by atoms with E-state index >= 15 is 0 Å². The van der Waals surface area contributed by atoms with Gasteiger partial charge in [-0.15, -0.1) is 0 Å². The van der Waals surface area contributed by atoms with E-state index in [-0.39, 0.29) is 18.2 Å². The van der Waals surface area contributed by atoms with Crippen molar-refractivity contribution in [2.75, 3.05) is 7.11 Å². The molecular weight excluding hydrogens is 338 g/mol. The number of rotatable bonds is 3. The number of ether oxygens (including phenoxy) is 2. The van der Waals surface area contributed by atoms with Crippen molar-refractivity contribution in [3.63, 3.8) is 0 Å². The van der Waals surface area contributed by atoms with Crippen LogP contribution in [-0.4, -0.2) is 23.7 Å². The summed E-state index contributed by atoms with van der Waals surface area (Å²) in [7, 11) is 1.67. The third-order valence-corrected chi connectivity index (χ3v) is 4.91. The molecule has 2 aromatic carbocycles. The number of likely N-dealkylation sites (tertiary alicyclic amines) is 1. The smallest absolute Gasteiger partial charge is 0.411 e. The van der Waals surface area contributed by atoms with E-state index in [9.17, 15) is 4.79 Å². The Hall–Kier alpha value is -2.49. The maximum Gasteiger partial charge on any atom is 0.411 e. The molecule has 1 heterocycles. The number of carbonyl (C=O) groups is 1. The monoisotopic (exact) mass is 367 g/mol. The number of benzene rings is 2. The highest BCUT2D eigenvalue weighted by Gasteiger charge is 2.39. The Morgan fingerprint density at radius 3 is 2.26 bits per heavy atom. The maximum atomic E-state index is 13.2. The van der Waals surface area contributed by atoms with Gasteiger partial charge in [0.05, 0.1) is 19.2 Å². The molecule has 144 valence electrons. The largest absolute Gasteiger partial charge is 0.496 e. The minimum absolute atomic E-state index is 0.00953. The SMILES string of the molecule is COc1ccccc1[C@H]1CCC[C@@H](c2ccccc2)N1C(=O)OC(C)(C)C. The molecule has 0 saturated carbocycles. The van der Waals surface area contributed by atoms with Gasteiger partial charge in [-0.25, -0.2) is 4.79 Å². The molecule has 1 saturated heterocycles. The molecule has 0 aromatic heterocycles. The van der Waals surface area contributed by atoms with Gasteiger partial charge in [0.25, 0.3) is 0 Å². The summed E-state index contributed by atoms with van der Waals surface area (Å²) < 4.78 is 11.4. The van der Waals surface area contributed by atoms with Crippen LogP contribution in [0.1, 0.15) is 63.2 Å². The van der Waals surface area contributed by atoms with Gasteiger partial charge in [0.1, 0.15) is 11.4 Å². The topological polar surface area (TPSA) is 38.8 Å². The quantitative estimate of drug-likeness (QED) is 0.678. The van der Waals surface area contributed by atoms with E-state index < -0.39 is 5.60 Å². The zero-order valence-corrected chi connectivity index (χ0v) is 16.6. The maximum absolute atomic E-state index is 13.2. The fourth-order valence-electron chi connectivity index (χ4n) is 3.82. The van der Waals surface area contributed by atoms with Crippen LogP contribution in [0.2, 0.25) is 0 Å². The lowest BCUT2D eigenvalue weighted by atomic mass is 9.87. The predicted octanol–water partition coefficient (Wildman–Crippen LogP) is 5.90. The Bertz CT molecular complexity index is 767. The van der Waals surface area contributed by atoms with E-state index in [0.717, 1.165) is 36.1 Å². The minimum Gasteiger partial charge on any atom is -0.496 e. The number of hydrogen-bond acceptors (Lipinski definition) is 3. The molecular formula is C23H29NO3. The molecule has 1 aliphatic rings. The Kier molecular flexibility index (Phi) is 5.73. The number of carbonyl (C=O) groups excluding carboxylic acids is 1. The van der Waals surface area contributed by atoms with Crippen molar-refractivity contribution in [2.45, 2.75) is 57.7 Å². The first-order chi connectivity index (χ1) is 12.9. The molecule has 0 bridgehead atoms. The third-order valence-electron chi connectivity index (χ3n) is 4.91. The van der Waals surface area contributed by atoms with Gasteiger partial charge in [0.2, 0.25) is 0 Å². The summed E-state index contributed by atoms with van der Waals surface area (Å²) in [4.78, 5) is 15.2. The second-order valence-electron chi connectivity index (χ2n) is 8.00. The highest BCUT2D eigenvalue weighted by Crippen LogP contribution is 2.44. The number of methoxy groups -OCH3 is 1. The van der Waals surface area contributed by atoms with E-state index in [2.05, 4.69) is 12.1 Å². The first-order valence-electron chi connectivity index (χ1n) is 9.60. The average Bonchev–Trinajstić information content (AvgIpc) is 2.66. The highest BCUT2D eigenvalue weighted by molar-refractivity contribution is 5.70. The van der Waals surface area contributed by atoms with Crippen molar-refractivity contribution in [3.8, 4) is 5.75 Å². The van der Waals surface area contributed by atoms with Gasteiger partial charge >= 0.3 is 6.09 Å². The average molecular weight is 367 g/mol. The Morgan fingerprint density at radius 1 is 0.963 bits per heavy atom. The zero-order chi connectivity index (χ0) is 19.4. The van der Waals surface area contributed by atoms with E-state index in [1.54, 1.807) is 7.11 Å². The summed E-state index contributed by atoms with van der Waals surface area (Å²) in [6.45, 7) is 5.72. The van der Waals surface area contributed by atoms with Crippen LogP contribution in [0.5, 0.6) is 5.75 Å². The molecule has 27 heavy (non-hydrogen) atoms. The summed E-state index contributed by atoms with van der Waals surface area (Å²) in [5.74, 6) is 0.810. The van der Waals surface area contributed by atoms with Crippen LogP contribution in [0, 0.1) is 0 Å². The predicted molar refractivity (Wildman–Crippen MR) is 107 cm³/mol. The number of piperidine rings is 1.